The van der Waals surface area contributed by atoms with Crippen molar-refractivity contribution in [3.05, 3.63) is 55.4 Å². The van der Waals surface area contributed by atoms with Crippen molar-refractivity contribution in [3.8, 4) is 0 Å². The summed E-state index contributed by atoms with van der Waals surface area (Å²) in [5, 5.41) is 12.2. The van der Waals surface area contributed by atoms with E-state index in [1.807, 2.05) is 0 Å². The number of sulfonamides is 1. The number of halogens is 2. The molecule has 0 N–H and O–H groups in total. The minimum atomic E-state index is -3.84. The van der Waals surface area contributed by atoms with Crippen LogP contribution in [-0.4, -0.2) is 54.6 Å². The van der Waals surface area contributed by atoms with E-state index in [2.05, 4.69) is 0 Å². The van der Waals surface area contributed by atoms with Gasteiger partial charge in [0.2, 0.25) is 10.0 Å². The first-order chi connectivity index (χ1) is 12.7. The fourth-order valence-electron chi connectivity index (χ4n) is 2.67. The lowest BCUT2D eigenvalue weighted by Crippen LogP contribution is -2.50. The molecule has 0 bridgehead atoms. The maximum Gasteiger partial charge on any atom is 0.324 e. The molecule has 27 heavy (non-hydrogen) atoms. The van der Waals surface area contributed by atoms with Gasteiger partial charge in [-0.15, -0.1) is 0 Å². The van der Waals surface area contributed by atoms with E-state index in [1.54, 1.807) is 0 Å². The number of piperazine rings is 1. The van der Waals surface area contributed by atoms with Crippen LogP contribution in [0.3, 0.4) is 0 Å². The van der Waals surface area contributed by atoms with Gasteiger partial charge in [-0.05, 0) is 12.1 Å². The smallest absolute Gasteiger partial charge is 0.324 e. The standard InChI is InChI=1S/C15H13Cl2N3O5S2/c16-11-2-1-3-12(14(11)17)27(24,25)19-6-4-18(5-7-19)15(21)10-8-13(20(22)23)26-9-10/h1-3,8-9H,4-7H2. The van der Waals surface area contributed by atoms with E-state index in [4.69, 9.17) is 23.2 Å². The molecular weight excluding hydrogens is 437 g/mol. The monoisotopic (exact) mass is 449 g/mol. The average molecular weight is 450 g/mol. The second kappa shape index (κ2) is 7.72. The summed E-state index contributed by atoms with van der Waals surface area (Å²) in [6, 6.07) is 5.61. The molecule has 8 nitrogen and oxygen atoms in total. The number of nitrogens with zero attached hydrogens (tertiary/aromatic N) is 3. The molecule has 1 saturated heterocycles. The summed E-state index contributed by atoms with van der Waals surface area (Å²) in [6.45, 7) is 0.506. The third kappa shape index (κ3) is 3.94. The van der Waals surface area contributed by atoms with Crippen molar-refractivity contribution in [2.45, 2.75) is 4.90 Å². The zero-order valence-electron chi connectivity index (χ0n) is 13.7. The highest BCUT2D eigenvalue weighted by Gasteiger charge is 2.32. The zero-order chi connectivity index (χ0) is 19.8. The van der Waals surface area contributed by atoms with Crippen LogP contribution in [0, 0.1) is 10.1 Å². The van der Waals surface area contributed by atoms with Gasteiger partial charge in [0, 0.05) is 37.6 Å². The normalized spacial score (nSPS) is 15.7. The molecule has 0 saturated carbocycles. The molecule has 0 unspecified atom stereocenters. The number of benzene rings is 1. The molecule has 1 aliphatic rings. The Kier molecular flexibility index (Phi) is 5.73. The van der Waals surface area contributed by atoms with Crippen LogP contribution in [0.15, 0.2) is 34.5 Å². The fourth-order valence-corrected chi connectivity index (χ4v) is 5.53. The van der Waals surface area contributed by atoms with E-state index in [0.717, 1.165) is 11.3 Å². The molecule has 0 aliphatic carbocycles. The number of nitro groups is 1. The molecule has 2 heterocycles. The van der Waals surface area contributed by atoms with E-state index in [1.165, 1.54) is 38.9 Å². The van der Waals surface area contributed by atoms with Gasteiger partial charge < -0.3 is 4.90 Å². The summed E-state index contributed by atoms with van der Waals surface area (Å²) < 4.78 is 26.8. The van der Waals surface area contributed by atoms with Crippen molar-refractivity contribution in [2.75, 3.05) is 26.2 Å². The summed E-state index contributed by atoms with van der Waals surface area (Å²) >= 11 is 12.8. The number of rotatable bonds is 4. The Hall–Kier alpha value is -1.72. The highest BCUT2D eigenvalue weighted by atomic mass is 35.5. The highest BCUT2D eigenvalue weighted by molar-refractivity contribution is 7.89. The maximum absolute atomic E-state index is 12.8. The minimum Gasteiger partial charge on any atom is -0.336 e. The van der Waals surface area contributed by atoms with Crippen LogP contribution < -0.4 is 0 Å². The molecule has 1 amide bonds. The lowest BCUT2D eigenvalue weighted by Gasteiger charge is -2.34. The molecular formula is C15H13Cl2N3O5S2. The molecule has 3 rings (SSSR count). The number of hydrogen-bond acceptors (Lipinski definition) is 6. The van der Waals surface area contributed by atoms with Crippen LogP contribution >= 0.6 is 34.5 Å². The number of carbonyl (C=O) groups is 1. The minimum absolute atomic E-state index is 0.0387. The van der Waals surface area contributed by atoms with Gasteiger partial charge >= 0.3 is 5.00 Å². The summed E-state index contributed by atoms with van der Waals surface area (Å²) in [5.74, 6) is -0.364. The number of amides is 1. The Morgan fingerprint density at radius 2 is 1.85 bits per heavy atom. The quantitative estimate of drug-likeness (QED) is 0.526. The predicted octanol–water partition coefficient (Wildman–Crippen LogP) is 3.11. The number of carbonyl (C=O) groups excluding carboxylic acids is 1. The molecule has 1 aromatic heterocycles. The molecule has 12 heteroatoms. The van der Waals surface area contributed by atoms with Crippen LogP contribution in [0.1, 0.15) is 10.4 Å². The third-order valence-corrected chi connectivity index (χ3v) is 7.82. The molecule has 144 valence electrons. The SMILES string of the molecule is O=C(c1csc([N+](=O)[O-])c1)N1CCN(S(=O)(=O)c2cccc(Cl)c2Cl)CC1. The number of thiophene rings is 1. The predicted molar refractivity (Wildman–Crippen MR) is 102 cm³/mol. The van der Waals surface area contributed by atoms with E-state index in [-0.39, 0.29) is 57.6 Å². The summed E-state index contributed by atoms with van der Waals surface area (Å²) in [7, 11) is -3.84. The van der Waals surface area contributed by atoms with E-state index in [0.29, 0.717) is 0 Å². The van der Waals surface area contributed by atoms with E-state index < -0.39 is 14.9 Å². The molecule has 2 aromatic rings. The Labute approximate surface area is 169 Å². The zero-order valence-corrected chi connectivity index (χ0v) is 16.8. The largest absolute Gasteiger partial charge is 0.336 e. The Morgan fingerprint density at radius 1 is 1.19 bits per heavy atom. The van der Waals surface area contributed by atoms with Crippen molar-refractivity contribution < 1.29 is 18.1 Å². The Morgan fingerprint density at radius 3 is 2.44 bits per heavy atom. The Balaban J connectivity index is 1.72. The molecule has 1 aromatic carbocycles. The summed E-state index contributed by atoms with van der Waals surface area (Å²) in [4.78, 5) is 24.1. The van der Waals surface area contributed by atoms with Gasteiger partial charge in [0.1, 0.15) is 4.90 Å². The lowest BCUT2D eigenvalue weighted by atomic mass is 10.2. The topological polar surface area (TPSA) is 101 Å². The molecule has 0 radical (unpaired) electrons. The lowest BCUT2D eigenvalue weighted by molar-refractivity contribution is -0.380. The van der Waals surface area contributed by atoms with Crippen molar-refractivity contribution in [2.24, 2.45) is 0 Å². The first-order valence-corrected chi connectivity index (χ1v) is 10.8. The van der Waals surface area contributed by atoms with Crippen LogP contribution in [0.4, 0.5) is 5.00 Å². The molecule has 0 spiro atoms. The van der Waals surface area contributed by atoms with Crippen molar-refractivity contribution in [3.63, 3.8) is 0 Å². The van der Waals surface area contributed by atoms with Gasteiger partial charge in [0.15, 0.2) is 0 Å². The van der Waals surface area contributed by atoms with Crippen molar-refractivity contribution >= 4 is 55.5 Å². The van der Waals surface area contributed by atoms with Crippen LogP contribution in [-0.2, 0) is 10.0 Å². The van der Waals surface area contributed by atoms with Gasteiger partial charge in [-0.2, -0.15) is 4.31 Å². The van der Waals surface area contributed by atoms with Crippen LogP contribution in [0.25, 0.3) is 0 Å². The summed E-state index contributed by atoms with van der Waals surface area (Å²) in [6.07, 6.45) is 0. The van der Waals surface area contributed by atoms with Crippen LogP contribution in [0.2, 0.25) is 10.0 Å². The van der Waals surface area contributed by atoms with Crippen molar-refractivity contribution in [1.82, 2.24) is 9.21 Å². The van der Waals surface area contributed by atoms with E-state index >= 15 is 0 Å². The van der Waals surface area contributed by atoms with E-state index in [9.17, 15) is 23.3 Å². The highest BCUT2D eigenvalue weighted by Crippen LogP contribution is 2.31. The molecule has 1 fully saturated rings. The third-order valence-electron chi connectivity index (χ3n) is 4.07. The van der Waals surface area contributed by atoms with Gasteiger partial charge in [0.25, 0.3) is 5.91 Å². The Bertz CT molecular complexity index is 1000. The second-order valence-corrected chi connectivity index (χ2v) is 9.26. The average Bonchev–Trinajstić information content (AvgIpc) is 3.14. The fraction of sp³-hybridized carbons (Fsp3) is 0.267. The van der Waals surface area contributed by atoms with Gasteiger partial charge in [-0.3, -0.25) is 14.9 Å². The van der Waals surface area contributed by atoms with Crippen LogP contribution in [0.5, 0.6) is 0 Å². The van der Waals surface area contributed by atoms with Gasteiger partial charge in [-0.1, -0.05) is 40.6 Å². The second-order valence-electron chi connectivity index (χ2n) is 5.68. The number of hydrogen-bond donors (Lipinski definition) is 0. The first-order valence-electron chi connectivity index (χ1n) is 7.68. The van der Waals surface area contributed by atoms with Gasteiger partial charge in [0.05, 0.1) is 20.5 Å². The van der Waals surface area contributed by atoms with Crippen molar-refractivity contribution in [1.29, 1.82) is 0 Å². The maximum atomic E-state index is 12.8. The first kappa shape index (κ1) is 20.0. The van der Waals surface area contributed by atoms with Gasteiger partial charge in [-0.25, -0.2) is 8.42 Å². The summed E-state index contributed by atoms with van der Waals surface area (Å²) in [5.41, 5.74) is 0.223. The molecule has 0 atom stereocenters. The molecule has 1 aliphatic heterocycles.